The summed E-state index contributed by atoms with van der Waals surface area (Å²) in [6.45, 7) is 3.78. The normalized spacial score (nSPS) is 26.9. The maximum Gasteiger partial charge on any atom is 0.282 e. The van der Waals surface area contributed by atoms with Crippen molar-refractivity contribution in [3.8, 4) is 0 Å². The predicted octanol–water partition coefficient (Wildman–Crippen LogP) is 0.174. The first kappa shape index (κ1) is 12.3. The molecule has 0 unspecified atom stereocenters. The highest BCUT2D eigenvalue weighted by Gasteiger charge is 2.48. The molecule has 94 valence electrons. The van der Waals surface area contributed by atoms with E-state index in [0.717, 1.165) is 19.3 Å². The van der Waals surface area contributed by atoms with Gasteiger partial charge >= 0.3 is 0 Å². The Kier molecular flexibility index (Phi) is 3.27. The molecular weight excluding hydrogens is 228 g/mol. The van der Waals surface area contributed by atoms with Crippen LogP contribution in [0.15, 0.2) is 0 Å². The van der Waals surface area contributed by atoms with Gasteiger partial charge in [-0.15, -0.1) is 0 Å². The van der Waals surface area contributed by atoms with Crippen LogP contribution in [0.4, 0.5) is 0 Å². The van der Waals surface area contributed by atoms with Crippen molar-refractivity contribution >= 4 is 10.2 Å². The van der Waals surface area contributed by atoms with Gasteiger partial charge in [0.05, 0.1) is 5.60 Å². The zero-order chi connectivity index (χ0) is 11.8. The van der Waals surface area contributed by atoms with Crippen molar-refractivity contribution in [1.29, 1.82) is 0 Å². The highest BCUT2D eigenvalue weighted by atomic mass is 32.2. The van der Waals surface area contributed by atoms with Crippen LogP contribution in [-0.2, 0) is 10.2 Å². The fraction of sp³-hybridized carbons (Fsp3) is 1.00. The highest BCUT2D eigenvalue weighted by molar-refractivity contribution is 7.86. The second kappa shape index (κ2) is 4.25. The molecule has 2 aliphatic rings. The SMILES string of the molecule is CCCC1(O)CN(S(=O)(=O)N2CCCC2)C1. The molecule has 2 aliphatic heterocycles. The van der Waals surface area contributed by atoms with Gasteiger partial charge in [-0.2, -0.15) is 17.0 Å². The molecule has 0 saturated carbocycles. The highest BCUT2D eigenvalue weighted by Crippen LogP contribution is 2.30. The van der Waals surface area contributed by atoms with E-state index in [1.165, 1.54) is 8.61 Å². The van der Waals surface area contributed by atoms with Crippen LogP contribution in [0.2, 0.25) is 0 Å². The number of rotatable bonds is 4. The minimum Gasteiger partial charge on any atom is -0.387 e. The lowest BCUT2D eigenvalue weighted by Gasteiger charge is -2.46. The zero-order valence-corrected chi connectivity index (χ0v) is 10.5. The fourth-order valence-corrected chi connectivity index (χ4v) is 4.33. The van der Waals surface area contributed by atoms with E-state index < -0.39 is 15.8 Å². The second-order valence-corrected chi connectivity index (χ2v) is 6.78. The van der Waals surface area contributed by atoms with Crippen molar-refractivity contribution < 1.29 is 13.5 Å². The molecule has 0 radical (unpaired) electrons. The van der Waals surface area contributed by atoms with Gasteiger partial charge in [-0.3, -0.25) is 0 Å². The summed E-state index contributed by atoms with van der Waals surface area (Å²) in [5, 5.41) is 9.96. The molecule has 16 heavy (non-hydrogen) atoms. The van der Waals surface area contributed by atoms with Gasteiger partial charge in [-0.1, -0.05) is 13.3 Å². The van der Waals surface area contributed by atoms with Crippen LogP contribution in [0.1, 0.15) is 32.6 Å². The van der Waals surface area contributed by atoms with E-state index in [1.54, 1.807) is 0 Å². The Bertz CT molecular complexity index is 343. The molecule has 0 aliphatic carbocycles. The molecule has 5 nitrogen and oxygen atoms in total. The molecular formula is C10H20N2O3S. The van der Waals surface area contributed by atoms with Crippen LogP contribution in [-0.4, -0.2) is 53.9 Å². The molecule has 0 aromatic rings. The number of β-amino-alcohol motifs (C(OH)–C–C–N with tert-alkyl or cyclic N) is 1. The second-order valence-electron chi connectivity index (χ2n) is 4.86. The minimum atomic E-state index is -3.28. The van der Waals surface area contributed by atoms with Crippen LogP contribution in [0.5, 0.6) is 0 Å². The molecule has 0 aromatic heterocycles. The van der Waals surface area contributed by atoms with Gasteiger partial charge in [0.1, 0.15) is 0 Å². The quantitative estimate of drug-likeness (QED) is 0.771. The lowest BCUT2D eigenvalue weighted by atomic mass is 9.92. The predicted molar refractivity (Wildman–Crippen MR) is 61.2 cm³/mol. The summed E-state index contributed by atoms with van der Waals surface area (Å²) in [7, 11) is -3.28. The molecule has 2 heterocycles. The van der Waals surface area contributed by atoms with Crippen molar-refractivity contribution in [3.05, 3.63) is 0 Å². The van der Waals surface area contributed by atoms with Crippen LogP contribution >= 0.6 is 0 Å². The molecule has 0 bridgehead atoms. The Hall–Kier alpha value is -0.170. The van der Waals surface area contributed by atoms with E-state index in [4.69, 9.17) is 0 Å². The zero-order valence-electron chi connectivity index (χ0n) is 9.72. The summed E-state index contributed by atoms with van der Waals surface area (Å²) >= 11 is 0. The number of hydrogen-bond donors (Lipinski definition) is 1. The topological polar surface area (TPSA) is 60.9 Å². The monoisotopic (exact) mass is 248 g/mol. The van der Waals surface area contributed by atoms with E-state index in [-0.39, 0.29) is 13.1 Å². The van der Waals surface area contributed by atoms with Crippen LogP contribution in [0, 0.1) is 0 Å². The van der Waals surface area contributed by atoms with Crippen LogP contribution in [0.3, 0.4) is 0 Å². The maximum absolute atomic E-state index is 12.0. The molecule has 0 amide bonds. The molecule has 1 N–H and O–H groups in total. The Morgan fingerprint density at radius 2 is 1.75 bits per heavy atom. The van der Waals surface area contributed by atoms with Gasteiger partial charge in [0.15, 0.2) is 0 Å². The first-order valence-electron chi connectivity index (χ1n) is 5.95. The molecule has 0 atom stereocenters. The van der Waals surface area contributed by atoms with Crippen molar-refractivity contribution in [2.45, 2.75) is 38.2 Å². The van der Waals surface area contributed by atoms with E-state index in [0.29, 0.717) is 19.5 Å². The van der Waals surface area contributed by atoms with Gasteiger partial charge < -0.3 is 5.11 Å². The summed E-state index contributed by atoms with van der Waals surface area (Å²) < 4.78 is 27.0. The van der Waals surface area contributed by atoms with Gasteiger partial charge in [-0.05, 0) is 19.3 Å². The van der Waals surface area contributed by atoms with Crippen molar-refractivity contribution in [3.63, 3.8) is 0 Å². The number of hydrogen-bond acceptors (Lipinski definition) is 3. The first-order chi connectivity index (χ1) is 7.48. The van der Waals surface area contributed by atoms with Gasteiger partial charge in [0.25, 0.3) is 10.2 Å². The van der Waals surface area contributed by atoms with E-state index >= 15 is 0 Å². The summed E-state index contributed by atoms with van der Waals surface area (Å²) in [5.41, 5.74) is -0.776. The number of aliphatic hydroxyl groups is 1. The molecule has 2 rings (SSSR count). The van der Waals surface area contributed by atoms with Crippen molar-refractivity contribution in [2.75, 3.05) is 26.2 Å². The summed E-state index contributed by atoms with van der Waals surface area (Å²) in [4.78, 5) is 0. The Morgan fingerprint density at radius 3 is 2.25 bits per heavy atom. The van der Waals surface area contributed by atoms with Crippen LogP contribution < -0.4 is 0 Å². The molecule has 2 fully saturated rings. The van der Waals surface area contributed by atoms with E-state index in [2.05, 4.69) is 0 Å². The van der Waals surface area contributed by atoms with Gasteiger partial charge in [0.2, 0.25) is 0 Å². The average molecular weight is 248 g/mol. The summed E-state index contributed by atoms with van der Waals surface area (Å²) in [5.74, 6) is 0. The largest absolute Gasteiger partial charge is 0.387 e. The van der Waals surface area contributed by atoms with Gasteiger partial charge in [0, 0.05) is 26.2 Å². The molecule has 2 saturated heterocycles. The summed E-state index contributed by atoms with van der Waals surface area (Å²) in [6.07, 6.45) is 3.46. The fourth-order valence-electron chi connectivity index (χ4n) is 2.48. The first-order valence-corrected chi connectivity index (χ1v) is 7.35. The van der Waals surface area contributed by atoms with Crippen molar-refractivity contribution in [2.24, 2.45) is 0 Å². The Labute approximate surface area is 97.2 Å². The van der Waals surface area contributed by atoms with E-state index in [9.17, 15) is 13.5 Å². The maximum atomic E-state index is 12.0. The van der Waals surface area contributed by atoms with E-state index in [1.807, 2.05) is 6.92 Å². The minimum absolute atomic E-state index is 0.264. The average Bonchev–Trinajstić information content (AvgIpc) is 2.67. The lowest BCUT2D eigenvalue weighted by molar-refractivity contribution is -0.0672. The Morgan fingerprint density at radius 1 is 1.19 bits per heavy atom. The number of nitrogens with zero attached hydrogens (tertiary/aromatic N) is 2. The Balaban J connectivity index is 1.95. The third-order valence-corrected chi connectivity index (χ3v) is 5.30. The standard InChI is InChI=1S/C10H20N2O3S/c1-2-5-10(13)8-12(9-10)16(14,15)11-6-3-4-7-11/h13H,2-9H2,1H3. The molecule has 0 spiro atoms. The molecule has 6 heteroatoms. The van der Waals surface area contributed by atoms with Gasteiger partial charge in [-0.25, -0.2) is 0 Å². The third-order valence-electron chi connectivity index (χ3n) is 3.37. The lowest BCUT2D eigenvalue weighted by Crippen LogP contribution is -2.65. The molecule has 0 aromatic carbocycles. The third kappa shape index (κ3) is 2.11. The summed E-state index contributed by atoms with van der Waals surface area (Å²) in [6, 6.07) is 0. The van der Waals surface area contributed by atoms with Crippen LogP contribution in [0.25, 0.3) is 0 Å². The smallest absolute Gasteiger partial charge is 0.282 e. The van der Waals surface area contributed by atoms with Crippen molar-refractivity contribution in [1.82, 2.24) is 8.61 Å².